The number of rotatable bonds is 1. The third-order valence-electron chi connectivity index (χ3n) is 3.37. The average molecular weight is 260 g/mol. The Labute approximate surface area is 108 Å². The fourth-order valence-corrected chi connectivity index (χ4v) is 3.56. The molecule has 0 fully saturated rings. The van der Waals surface area contributed by atoms with E-state index < -0.39 is 10.8 Å². The van der Waals surface area contributed by atoms with Crippen molar-refractivity contribution in [2.24, 2.45) is 0 Å². The number of hydrogen-bond donors (Lipinski definition) is 0. The van der Waals surface area contributed by atoms with Crippen LogP contribution in [0.5, 0.6) is 0 Å². The molecule has 0 bridgehead atoms. The quantitative estimate of drug-likeness (QED) is 0.767. The largest absolute Gasteiger partial charge is 0.254 e. The molecule has 2 aromatic rings. The van der Waals surface area contributed by atoms with E-state index in [0.29, 0.717) is 11.3 Å². The standard InChI is InChI=1S/C15H13FOS/c1-10-2-3-12(9-14(10)16)11-4-5-15-13(8-11)6-7-18(15)17/h2-5,8-9H,6-7H2,1H3. The summed E-state index contributed by atoms with van der Waals surface area (Å²) in [6, 6.07) is 11.1. The minimum Gasteiger partial charge on any atom is -0.254 e. The van der Waals surface area contributed by atoms with Gasteiger partial charge in [0.1, 0.15) is 5.82 Å². The fraction of sp³-hybridized carbons (Fsp3) is 0.200. The van der Waals surface area contributed by atoms with Crippen molar-refractivity contribution in [2.75, 3.05) is 5.75 Å². The Bertz CT molecular complexity index is 649. The molecule has 18 heavy (non-hydrogen) atoms. The Morgan fingerprint density at radius 3 is 2.61 bits per heavy atom. The lowest BCUT2D eigenvalue weighted by atomic mass is 10.0. The molecular formula is C15H13FOS. The summed E-state index contributed by atoms with van der Waals surface area (Å²) < 4.78 is 25.2. The number of hydrogen-bond acceptors (Lipinski definition) is 1. The summed E-state index contributed by atoms with van der Waals surface area (Å²) in [7, 11) is -0.845. The predicted molar refractivity (Wildman–Crippen MR) is 71.6 cm³/mol. The van der Waals surface area contributed by atoms with Crippen LogP contribution in [0, 0.1) is 12.7 Å². The molecule has 1 atom stereocenters. The Morgan fingerprint density at radius 2 is 1.83 bits per heavy atom. The van der Waals surface area contributed by atoms with E-state index in [1.54, 1.807) is 19.1 Å². The third-order valence-corrected chi connectivity index (χ3v) is 4.83. The second kappa shape index (κ2) is 4.32. The van der Waals surface area contributed by atoms with Crippen LogP contribution in [0.1, 0.15) is 11.1 Å². The molecule has 0 radical (unpaired) electrons. The lowest BCUT2D eigenvalue weighted by Crippen LogP contribution is -1.88. The van der Waals surface area contributed by atoms with Crippen LogP contribution in [0.4, 0.5) is 4.39 Å². The van der Waals surface area contributed by atoms with Crippen molar-refractivity contribution in [3.05, 3.63) is 53.3 Å². The lowest BCUT2D eigenvalue weighted by molar-refractivity contribution is 0.619. The van der Waals surface area contributed by atoms with Crippen molar-refractivity contribution in [1.82, 2.24) is 0 Å². The first-order valence-electron chi connectivity index (χ1n) is 5.93. The smallest absolute Gasteiger partial charge is 0.126 e. The molecule has 3 rings (SSSR count). The molecule has 1 unspecified atom stereocenters. The Hall–Kier alpha value is -1.48. The van der Waals surface area contributed by atoms with Gasteiger partial charge in [-0.15, -0.1) is 0 Å². The second-order valence-electron chi connectivity index (χ2n) is 4.59. The molecule has 0 aromatic heterocycles. The minimum absolute atomic E-state index is 0.184. The van der Waals surface area contributed by atoms with Gasteiger partial charge in [-0.25, -0.2) is 4.39 Å². The normalized spacial score (nSPS) is 17.8. The number of benzene rings is 2. The topological polar surface area (TPSA) is 17.1 Å². The van der Waals surface area contributed by atoms with Gasteiger partial charge in [-0.05, 0) is 53.8 Å². The van der Waals surface area contributed by atoms with E-state index in [0.717, 1.165) is 28.0 Å². The Balaban J connectivity index is 2.07. The molecule has 3 heteroatoms. The zero-order valence-corrected chi connectivity index (χ0v) is 10.9. The molecule has 1 nitrogen and oxygen atoms in total. The maximum Gasteiger partial charge on any atom is 0.126 e. The van der Waals surface area contributed by atoms with Gasteiger partial charge in [0.15, 0.2) is 0 Å². The third kappa shape index (κ3) is 1.89. The van der Waals surface area contributed by atoms with Crippen molar-refractivity contribution in [3.8, 4) is 11.1 Å². The summed E-state index contributed by atoms with van der Waals surface area (Å²) in [5.74, 6) is 0.526. The van der Waals surface area contributed by atoms with Crippen LogP contribution in [0.15, 0.2) is 41.3 Å². The monoisotopic (exact) mass is 260 g/mol. The summed E-state index contributed by atoms with van der Waals surface area (Å²) in [5.41, 5.74) is 3.65. The molecular weight excluding hydrogens is 247 g/mol. The van der Waals surface area contributed by atoms with Crippen LogP contribution in [-0.4, -0.2) is 9.96 Å². The molecule has 0 aliphatic carbocycles. The van der Waals surface area contributed by atoms with Crippen LogP contribution in [-0.2, 0) is 17.2 Å². The van der Waals surface area contributed by atoms with E-state index in [1.165, 1.54) is 0 Å². The summed E-state index contributed by atoms with van der Waals surface area (Å²) >= 11 is 0. The summed E-state index contributed by atoms with van der Waals surface area (Å²) in [4.78, 5) is 0.936. The van der Waals surface area contributed by atoms with E-state index in [4.69, 9.17) is 0 Å². The number of aryl methyl sites for hydroxylation is 2. The zero-order valence-electron chi connectivity index (χ0n) is 10.1. The van der Waals surface area contributed by atoms with Crippen molar-refractivity contribution in [2.45, 2.75) is 18.2 Å². The average Bonchev–Trinajstić information content (AvgIpc) is 2.74. The van der Waals surface area contributed by atoms with Gasteiger partial charge < -0.3 is 0 Å². The van der Waals surface area contributed by atoms with Crippen molar-refractivity contribution in [1.29, 1.82) is 0 Å². The van der Waals surface area contributed by atoms with Crippen LogP contribution >= 0.6 is 0 Å². The highest BCUT2D eigenvalue weighted by molar-refractivity contribution is 7.85. The van der Waals surface area contributed by atoms with Crippen LogP contribution in [0.3, 0.4) is 0 Å². The molecule has 0 saturated carbocycles. The predicted octanol–water partition coefficient (Wildman–Crippen LogP) is 3.46. The van der Waals surface area contributed by atoms with Gasteiger partial charge in [-0.2, -0.15) is 0 Å². The molecule has 0 saturated heterocycles. The first kappa shape index (κ1) is 11.6. The highest BCUT2D eigenvalue weighted by Crippen LogP contribution is 2.29. The van der Waals surface area contributed by atoms with Gasteiger partial charge in [0.25, 0.3) is 0 Å². The van der Waals surface area contributed by atoms with Gasteiger partial charge in [0.05, 0.1) is 10.8 Å². The molecule has 1 aliphatic heterocycles. The van der Waals surface area contributed by atoms with Gasteiger partial charge in [0, 0.05) is 10.6 Å². The summed E-state index contributed by atoms with van der Waals surface area (Å²) in [5, 5.41) is 0. The van der Waals surface area contributed by atoms with E-state index in [1.807, 2.05) is 24.3 Å². The van der Waals surface area contributed by atoms with Gasteiger partial charge in [-0.1, -0.05) is 18.2 Å². The van der Waals surface area contributed by atoms with E-state index in [9.17, 15) is 8.60 Å². The van der Waals surface area contributed by atoms with E-state index >= 15 is 0 Å². The Morgan fingerprint density at radius 1 is 1.11 bits per heavy atom. The molecule has 0 N–H and O–H groups in total. The van der Waals surface area contributed by atoms with Crippen LogP contribution < -0.4 is 0 Å². The summed E-state index contributed by atoms with van der Waals surface area (Å²) in [6.45, 7) is 1.75. The van der Waals surface area contributed by atoms with Crippen LogP contribution in [0.25, 0.3) is 11.1 Å². The van der Waals surface area contributed by atoms with Gasteiger partial charge >= 0.3 is 0 Å². The second-order valence-corrected chi connectivity index (χ2v) is 6.13. The molecule has 1 aliphatic rings. The molecule has 92 valence electrons. The highest BCUT2D eigenvalue weighted by atomic mass is 32.2. The molecule has 1 heterocycles. The van der Waals surface area contributed by atoms with Gasteiger partial charge in [-0.3, -0.25) is 4.21 Å². The van der Waals surface area contributed by atoms with Crippen molar-refractivity contribution < 1.29 is 8.60 Å². The Kier molecular flexibility index (Phi) is 2.78. The minimum atomic E-state index is -0.845. The maximum atomic E-state index is 13.6. The van der Waals surface area contributed by atoms with Crippen LogP contribution in [0.2, 0.25) is 0 Å². The van der Waals surface area contributed by atoms with Gasteiger partial charge in [0.2, 0.25) is 0 Å². The van der Waals surface area contributed by atoms with Crippen molar-refractivity contribution in [3.63, 3.8) is 0 Å². The highest BCUT2D eigenvalue weighted by Gasteiger charge is 2.18. The fourth-order valence-electron chi connectivity index (χ4n) is 2.26. The van der Waals surface area contributed by atoms with E-state index in [2.05, 4.69) is 0 Å². The van der Waals surface area contributed by atoms with Crippen molar-refractivity contribution >= 4 is 10.8 Å². The first-order valence-corrected chi connectivity index (χ1v) is 7.25. The van der Waals surface area contributed by atoms with E-state index in [-0.39, 0.29) is 5.82 Å². The SMILES string of the molecule is Cc1ccc(-c2ccc3c(c2)CCS3=O)cc1F. The molecule has 2 aromatic carbocycles. The molecule has 0 amide bonds. The lowest BCUT2D eigenvalue weighted by Gasteiger charge is -2.06. The summed E-state index contributed by atoms with van der Waals surface area (Å²) in [6.07, 6.45) is 0.851. The zero-order chi connectivity index (χ0) is 12.7. The maximum absolute atomic E-state index is 13.6. The number of fused-ring (bicyclic) bond motifs is 1. The molecule has 0 spiro atoms. The number of halogens is 1. The first-order chi connectivity index (χ1) is 8.65.